The first kappa shape index (κ1) is 20.2. The molecule has 2 aromatic heterocycles. The van der Waals surface area contributed by atoms with Gasteiger partial charge in [-0.05, 0) is 43.2 Å². The molecule has 4 rings (SSSR count). The summed E-state index contributed by atoms with van der Waals surface area (Å²) in [5, 5.41) is 0. The minimum absolute atomic E-state index is 0.0164. The van der Waals surface area contributed by atoms with E-state index in [-0.39, 0.29) is 12.3 Å². The SMILES string of the molecule is CCCOC1CC(Oc2ccc(-c3ccc4nccn4c3C)cc2)CCN1C(N)=O. The third kappa shape index (κ3) is 4.11. The van der Waals surface area contributed by atoms with Crippen molar-refractivity contribution in [2.75, 3.05) is 13.2 Å². The summed E-state index contributed by atoms with van der Waals surface area (Å²) in [6, 6.07) is 11.8. The molecule has 7 nitrogen and oxygen atoms in total. The van der Waals surface area contributed by atoms with Gasteiger partial charge in [-0.15, -0.1) is 0 Å². The van der Waals surface area contributed by atoms with E-state index in [2.05, 4.69) is 34.5 Å². The fourth-order valence-electron chi connectivity index (χ4n) is 4.01. The highest BCUT2D eigenvalue weighted by Crippen LogP contribution is 2.28. The lowest BCUT2D eigenvalue weighted by atomic mass is 10.0. The molecule has 1 aliphatic rings. The van der Waals surface area contributed by atoms with Crippen molar-refractivity contribution in [1.29, 1.82) is 0 Å². The predicted octanol–water partition coefficient (Wildman–Crippen LogP) is 3.98. The van der Waals surface area contributed by atoms with Crippen LogP contribution in [0.1, 0.15) is 31.9 Å². The largest absolute Gasteiger partial charge is 0.490 e. The predicted molar refractivity (Wildman–Crippen MR) is 115 cm³/mol. The number of carbonyl (C=O) groups excluding carboxylic acids is 1. The van der Waals surface area contributed by atoms with E-state index < -0.39 is 6.03 Å². The Morgan fingerprint density at radius 1 is 1.23 bits per heavy atom. The number of imidazole rings is 1. The molecule has 1 aromatic carbocycles. The highest BCUT2D eigenvalue weighted by atomic mass is 16.5. The van der Waals surface area contributed by atoms with Gasteiger partial charge in [0.15, 0.2) is 0 Å². The number of carbonyl (C=O) groups is 1. The standard InChI is InChI=1S/C23H28N4O3/c1-3-14-29-22-15-19(10-12-27(22)23(24)28)30-18-6-4-17(5-7-18)20-8-9-21-25-11-13-26(21)16(20)2/h4-9,11,13,19,22H,3,10,12,14-15H2,1-2H3,(H2,24,28). The van der Waals surface area contributed by atoms with Gasteiger partial charge >= 0.3 is 6.03 Å². The van der Waals surface area contributed by atoms with Crippen LogP contribution in [0.4, 0.5) is 4.79 Å². The van der Waals surface area contributed by atoms with Crippen LogP contribution < -0.4 is 10.5 Å². The Balaban J connectivity index is 1.45. The van der Waals surface area contributed by atoms with E-state index in [0.29, 0.717) is 19.6 Å². The fourth-order valence-corrected chi connectivity index (χ4v) is 4.01. The molecule has 1 fully saturated rings. The number of hydrogen-bond donors (Lipinski definition) is 1. The molecule has 1 aliphatic heterocycles. The molecule has 30 heavy (non-hydrogen) atoms. The number of aromatic nitrogens is 2. The molecule has 0 radical (unpaired) electrons. The van der Waals surface area contributed by atoms with Crippen molar-refractivity contribution in [3.8, 4) is 16.9 Å². The number of amides is 2. The molecule has 158 valence electrons. The lowest BCUT2D eigenvalue weighted by Crippen LogP contribution is -2.52. The number of nitrogens with two attached hydrogens (primary N) is 1. The van der Waals surface area contributed by atoms with Gasteiger partial charge in [0.25, 0.3) is 0 Å². The molecule has 0 saturated carbocycles. The van der Waals surface area contributed by atoms with Crippen molar-refractivity contribution in [3.05, 3.63) is 54.5 Å². The number of rotatable bonds is 6. The molecular weight excluding hydrogens is 380 g/mol. The van der Waals surface area contributed by atoms with Gasteiger partial charge in [0.1, 0.15) is 23.7 Å². The summed E-state index contributed by atoms with van der Waals surface area (Å²) in [7, 11) is 0. The summed E-state index contributed by atoms with van der Waals surface area (Å²) in [4.78, 5) is 17.6. The maximum atomic E-state index is 11.7. The average Bonchev–Trinajstić information content (AvgIpc) is 3.23. The lowest BCUT2D eigenvalue weighted by molar-refractivity contribution is -0.0815. The number of hydrogen-bond acceptors (Lipinski definition) is 4. The third-order valence-corrected chi connectivity index (χ3v) is 5.59. The Morgan fingerprint density at radius 3 is 2.77 bits per heavy atom. The van der Waals surface area contributed by atoms with E-state index in [1.807, 2.05) is 37.5 Å². The Morgan fingerprint density at radius 2 is 2.03 bits per heavy atom. The average molecular weight is 409 g/mol. The maximum Gasteiger partial charge on any atom is 0.316 e. The van der Waals surface area contributed by atoms with Crippen LogP contribution in [0.5, 0.6) is 5.75 Å². The van der Waals surface area contributed by atoms with Crippen LogP contribution in [0, 0.1) is 6.92 Å². The second-order valence-electron chi connectivity index (χ2n) is 7.63. The van der Waals surface area contributed by atoms with Gasteiger partial charge in [0.2, 0.25) is 0 Å². The monoisotopic (exact) mass is 408 g/mol. The number of benzene rings is 1. The van der Waals surface area contributed by atoms with Gasteiger partial charge in [-0.25, -0.2) is 9.78 Å². The molecule has 2 amide bonds. The molecule has 0 aliphatic carbocycles. The topological polar surface area (TPSA) is 82.1 Å². The molecule has 3 heterocycles. The first-order valence-corrected chi connectivity index (χ1v) is 10.4. The quantitative estimate of drug-likeness (QED) is 0.669. The minimum atomic E-state index is -0.441. The van der Waals surface area contributed by atoms with Crippen LogP contribution in [-0.2, 0) is 4.74 Å². The van der Waals surface area contributed by atoms with Gasteiger partial charge in [-0.2, -0.15) is 0 Å². The van der Waals surface area contributed by atoms with Crippen LogP contribution in [0.3, 0.4) is 0 Å². The van der Waals surface area contributed by atoms with Crippen molar-refractivity contribution < 1.29 is 14.3 Å². The smallest absolute Gasteiger partial charge is 0.316 e. The minimum Gasteiger partial charge on any atom is -0.490 e. The van der Waals surface area contributed by atoms with E-state index in [4.69, 9.17) is 15.2 Å². The first-order chi connectivity index (χ1) is 14.6. The summed E-state index contributed by atoms with van der Waals surface area (Å²) in [6.07, 6.45) is 5.67. The zero-order chi connectivity index (χ0) is 21.1. The van der Waals surface area contributed by atoms with Crippen LogP contribution in [0.15, 0.2) is 48.8 Å². The molecular formula is C23H28N4O3. The Hall–Kier alpha value is -3.06. The van der Waals surface area contributed by atoms with E-state index in [1.165, 1.54) is 0 Å². The number of nitrogens with zero attached hydrogens (tertiary/aromatic N) is 3. The van der Waals surface area contributed by atoms with Crippen molar-refractivity contribution >= 4 is 11.7 Å². The molecule has 0 bridgehead atoms. The van der Waals surface area contributed by atoms with Gasteiger partial charge in [0.05, 0.1) is 0 Å². The number of ether oxygens (including phenoxy) is 2. The summed E-state index contributed by atoms with van der Waals surface area (Å²) >= 11 is 0. The van der Waals surface area contributed by atoms with Crippen LogP contribution in [0.25, 0.3) is 16.8 Å². The number of fused-ring (bicyclic) bond motifs is 1. The molecule has 2 N–H and O–H groups in total. The molecule has 0 spiro atoms. The van der Waals surface area contributed by atoms with E-state index in [9.17, 15) is 4.79 Å². The Bertz CT molecular complexity index is 1010. The van der Waals surface area contributed by atoms with Crippen molar-refractivity contribution in [2.24, 2.45) is 5.73 Å². The van der Waals surface area contributed by atoms with Crippen LogP contribution >= 0.6 is 0 Å². The number of pyridine rings is 1. The van der Waals surface area contributed by atoms with Gasteiger partial charge in [-0.3, -0.25) is 4.90 Å². The molecule has 2 atom stereocenters. The fraction of sp³-hybridized carbons (Fsp3) is 0.391. The number of primary amides is 1. The first-order valence-electron chi connectivity index (χ1n) is 10.4. The Labute approximate surface area is 176 Å². The normalized spacial score (nSPS) is 19.2. The number of aryl methyl sites for hydroxylation is 1. The van der Waals surface area contributed by atoms with Crippen LogP contribution in [0.2, 0.25) is 0 Å². The summed E-state index contributed by atoms with van der Waals surface area (Å²) in [5.74, 6) is 0.812. The number of piperidine rings is 1. The van der Waals surface area contributed by atoms with E-state index >= 15 is 0 Å². The highest BCUT2D eigenvalue weighted by molar-refractivity contribution is 5.72. The van der Waals surface area contributed by atoms with Gasteiger partial charge in [0, 0.05) is 49.6 Å². The summed E-state index contributed by atoms with van der Waals surface area (Å²) in [5.41, 5.74) is 9.88. The highest BCUT2D eigenvalue weighted by Gasteiger charge is 2.32. The molecule has 7 heteroatoms. The van der Waals surface area contributed by atoms with Crippen LogP contribution in [-0.4, -0.2) is 45.8 Å². The number of urea groups is 1. The maximum absolute atomic E-state index is 11.7. The van der Waals surface area contributed by atoms with Gasteiger partial charge in [-0.1, -0.05) is 19.1 Å². The molecule has 2 unspecified atom stereocenters. The van der Waals surface area contributed by atoms with E-state index in [1.54, 1.807) is 4.90 Å². The second-order valence-corrected chi connectivity index (χ2v) is 7.63. The third-order valence-electron chi connectivity index (χ3n) is 5.59. The van der Waals surface area contributed by atoms with Crippen molar-refractivity contribution in [1.82, 2.24) is 14.3 Å². The Kier molecular flexibility index (Phi) is 5.90. The zero-order valence-corrected chi connectivity index (χ0v) is 17.5. The molecule has 1 saturated heterocycles. The molecule has 3 aromatic rings. The van der Waals surface area contributed by atoms with Gasteiger partial charge < -0.3 is 19.6 Å². The summed E-state index contributed by atoms with van der Waals surface area (Å²) in [6.45, 7) is 5.27. The lowest BCUT2D eigenvalue weighted by Gasteiger charge is -2.38. The second kappa shape index (κ2) is 8.75. The van der Waals surface area contributed by atoms with E-state index in [0.717, 1.165) is 41.1 Å². The van der Waals surface area contributed by atoms with Crippen molar-refractivity contribution in [2.45, 2.75) is 45.4 Å². The van der Waals surface area contributed by atoms with Crippen molar-refractivity contribution in [3.63, 3.8) is 0 Å². The summed E-state index contributed by atoms with van der Waals surface area (Å²) < 4.78 is 14.1. The zero-order valence-electron chi connectivity index (χ0n) is 17.5. The number of likely N-dealkylation sites (tertiary alicyclic amines) is 1.